The van der Waals surface area contributed by atoms with Crippen molar-refractivity contribution in [3.8, 4) is 0 Å². The highest BCUT2D eigenvalue weighted by Gasteiger charge is 2.23. The first-order valence-corrected chi connectivity index (χ1v) is 8.20. The van der Waals surface area contributed by atoms with Gasteiger partial charge in [0, 0.05) is 10.1 Å². The fraction of sp³-hybridized carbons (Fsp3) is 0.455. The lowest BCUT2D eigenvalue weighted by molar-refractivity contribution is 0.566. The smallest absolute Gasteiger partial charge is 0.131 e. The molecule has 1 aromatic carbocycles. The first-order chi connectivity index (χ1) is 6.75. The normalized spacial score (nSPS) is 14.0. The molecule has 1 aromatic rings. The van der Waals surface area contributed by atoms with Gasteiger partial charge in [-0.1, -0.05) is 28.9 Å². The van der Waals surface area contributed by atoms with Crippen LogP contribution in [-0.4, -0.2) is 13.3 Å². The summed E-state index contributed by atoms with van der Waals surface area (Å²) in [5.74, 6) is -0.249. The molecule has 15 heavy (non-hydrogen) atoms. The maximum absolute atomic E-state index is 13.9. The number of halogens is 2. The Morgan fingerprint density at radius 3 is 2.40 bits per heavy atom. The van der Waals surface area contributed by atoms with Gasteiger partial charge in [0.2, 0.25) is 0 Å². The van der Waals surface area contributed by atoms with Gasteiger partial charge < -0.3 is 4.57 Å². The van der Waals surface area contributed by atoms with E-state index in [0.717, 1.165) is 4.47 Å². The Balaban J connectivity index is 3.29. The fourth-order valence-corrected chi connectivity index (χ4v) is 2.52. The van der Waals surface area contributed by atoms with Gasteiger partial charge in [-0.15, -0.1) is 0 Å². The van der Waals surface area contributed by atoms with Crippen LogP contribution in [-0.2, 0) is 4.57 Å². The van der Waals surface area contributed by atoms with Gasteiger partial charge >= 0.3 is 0 Å². The Bertz CT molecular complexity index is 425. The van der Waals surface area contributed by atoms with E-state index in [2.05, 4.69) is 15.9 Å². The zero-order chi connectivity index (χ0) is 11.8. The van der Waals surface area contributed by atoms with E-state index in [0.29, 0.717) is 11.1 Å². The second-order valence-corrected chi connectivity index (χ2v) is 8.68. The van der Waals surface area contributed by atoms with Crippen molar-refractivity contribution in [3.63, 3.8) is 0 Å². The van der Waals surface area contributed by atoms with Crippen LogP contribution in [0.3, 0.4) is 0 Å². The lowest BCUT2D eigenvalue weighted by Crippen LogP contribution is -2.00. The Hall–Kier alpha value is -0.140. The highest BCUT2D eigenvalue weighted by atomic mass is 79.9. The third kappa shape index (κ3) is 2.70. The maximum Gasteiger partial charge on any atom is 0.131 e. The first kappa shape index (κ1) is 12.9. The molecule has 0 saturated carbocycles. The van der Waals surface area contributed by atoms with Gasteiger partial charge in [-0.2, -0.15) is 0 Å². The summed E-state index contributed by atoms with van der Waals surface area (Å²) in [5, 5.41) is 0. The molecule has 0 N–H and O–H groups in total. The van der Waals surface area contributed by atoms with Crippen molar-refractivity contribution in [2.45, 2.75) is 19.5 Å². The molecule has 84 valence electrons. The molecule has 0 saturated heterocycles. The zero-order valence-electron chi connectivity index (χ0n) is 9.34. The van der Waals surface area contributed by atoms with Gasteiger partial charge in [0.05, 0.1) is 7.14 Å². The minimum atomic E-state index is -2.30. The van der Waals surface area contributed by atoms with Crippen LogP contribution in [0.5, 0.6) is 0 Å². The van der Waals surface area contributed by atoms with Crippen LogP contribution in [0.4, 0.5) is 4.39 Å². The zero-order valence-corrected chi connectivity index (χ0v) is 11.8. The highest BCUT2D eigenvalue weighted by Crippen LogP contribution is 2.53. The molecule has 1 atom stereocenters. The molecule has 4 heteroatoms. The van der Waals surface area contributed by atoms with Crippen LogP contribution in [0.1, 0.15) is 23.7 Å². The maximum atomic E-state index is 13.9. The molecule has 0 aliphatic carbocycles. The summed E-state index contributed by atoms with van der Waals surface area (Å²) < 4.78 is 26.5. The molecule has 0 bridgehead atoms. The monoisotopic (exact) mass is 292 g/mol. The summed E-state index contributed by atoms with van der Waals surface area (Å²) >= 11 is 3.27. The van der Waals surface area contributed by atoms with Gasteiger partial charge in [-0.3, -0.25) is 0 Å². The minimum absolute atomic E-state index is 0.232. The van der Waals surface area contributed by atoms with E-state index in [1.807, 2.05) is 6.92 Å². The Morgan fingerprint density at radius 2 is 1.93 bits per heavy atom. The van der Waals surface area contributed by atoms with Gasteiger partial charge in [0.1, 0.15) is 5.82 Å². The number of benzene rings is 1. The van der Waals surface area contributed by atoms with Crippen LogP contribution in [0.15, 0.2) is 16.6 Å². The van der Waals surface area contributed by atoms with Gasteiger partial charge in [0.25, 0.3) is 0 Å². The molecule has 1 unspecified atom stereocenters. The molecule has 0 fully saturated rings. The minimum Gasteiger partial charge on any atom is -0.324 e. The molecule has 0 aromatic heterocycles. The average Bonchev–Trinajstić information content (AvgIpc) is 2.12. The van der Waals surface area contributed by atoms with Crippen LogP contribution in [0.2, 0.25) is 0 Å². The summed E-state index contributed by atoms with van der Waals surface area (Å²) in [6.07, 6.45) is 0. The second kappa shape index (κ2) is 4.39. The lowest BCUT2D eigenvalue weighted by atomic mass is 10.1. The van der Waals surface area contributed by atoms with Crippen LogP contribution in [0, 0.1) is 12.7 Å². The molecular weight excluding hydrogens is 278 g/mol. The molecule has 1 rings (SSSR count). The summed E-state index contributed by atoms with van der Waals surface area (Å²) in [6.45, 7) is 6.90. The van der Waals surface area contributed by atoms with Crippen LogP contribution < -0.4 is 0 Å². The molecule has 0 aliphatic rings. The SMILES string of the molecule is Cc1c(Br)ccc(C(C)P(C)(C)=O)c1F. The van der Waals surface area contributed by atoms with Crippen molar-refractivity contribution in [2.24, 2.45) is 0 Å². The van der Waals surface area contributed by atoms with Crippen molar-refractivity contribution in [2.75, 3.05) is 13.3 Å². The topological polar surface area (TPSA) is 17.1 Å². The van der Waals surface area contributed by atoms with Gasteiger partial charge in [-0.25, -0.2) is 4.39 Å². The molecular formula is C11H15BrFOP. The average molecular weight is 293 g/mol. The molecule has 0 radical (unpaired) electrons. The molecule has 0 amide bonds. The number of hydrogen-bond donors (Lipinski definition) is 0. The van der Waals surface area contributed by atoms with E-state index < -0.39 is 7.14 Å². The molecule has 0 heterocycles. The third-order valence-electron chi connectivity index (χ3n) is 2.73. The number of hydrogen-bond acceptors (Lipinski definition) is 1. The van der Waals surface area contributed by atoms with E-state index in [-0.39, 0.29) is 11.5 Å². The van der Waals surface area contributed by atoms with Crippen molar-refractivity contribution < 1.29 is 8.96 Å². The second-order valence-electron chi connectivity index (χ2n) is 4.19. The van der Waals surface area contributed by atoms with E-state index in [1.165, 1.54) is 0 Å². The van der Waals surface area contributed by atoms with Crippen LogP contribution in [0.25, 0.3) is 0 Å². The summed E-state index contributed by atoms with van der Waals surface area (Å²) in [6, 6.07) is 3.51. The summed E-state index contributed by atoms with van der Waals surface area (Å²) in [5.41, 5.74) is 0.890. The predicted molar refractivity (Wildman–Crippen MR) is 66.7 cm³/mol. The Kier molecular flexibility index (Phi) is 3.78. The third-order valence-corrected chi connectivity index (χ3v) is 5.74. The molecule has 1 nitrogen and oxygen atoms in total. The fourth-order valence-electron chi connectivity index (χ4n) is 1.34. The van der Waals surface area contributed by atoms with E-state index in [4.69, 9.17) is 0 Å². The highest BCUT2D eigenvalue weighted by molar-refractivity contribution is 9.10. The molecule has 0 spiro atoms. The van der Waals surface area contributed by atoms with Gasteiger partial charge in [-0.05, 0) is 37.4 Å². The van der Waals surface area contributed by atoms with E-state index in [1.54, 1.807) is 32.4 Å². The largest absolute Gasteiger partial charge is 0.324 e. The van der Waals surface area contributed by atoms with E-state index in [9.17, 15) is 8.96 Å². The summed E-state index contributed by atoms with van der Waals surface area (Å²) in [4.78, 5) is 0. The van der Waals surface area contributed by atoms with Crippen LogP contribution >= 0.6 is 23.1 Å². The quantitative estimate of drug-likeness (QED) is 0.729. The predicted octanol–water partition coefficient (Wildman–Crippen LogP) is 4.58. The van der Waals surface area contributed by atoms with Gasteiger partial charge in [0.15, 0.2) is 0 Å². The van der Waals surface area contributed by atoms with Crippen molar-refractivity contribution in [3.05, 3.63) is 33.5 Å². The van der Waals surface area contributed by atoms with Crippen molar-refractivity contribution in [1.82, 2.24) is 0 Å². The molecule has 0 aliphatic heterocycles. The van der Waals surface area contributed by atoms with E-state index >= 15 is 0 Å². The Morgan fingerprint density at radius 1 is 1.40 bits per heavy atom. The van der Waals surface area contributed by atoms with Crippen molar-refractivity contribution >= 4 is 23.1 Å². The lowest BCUT2D eigenvalue weighted by Gasteiger charge is -2.18. The number of rotatable bonds is 2. The van der Waals surface area contributed by atoms with Crippen molar-refractivity contribution in [1.29, 1.82) is 0 Å². The summed E-state index contributed by atoms with van der Waals surface area (Å²) in [7, 11) is -2.30. The Labute approximate surface area is 98.6 Å². The first-order valence-electron chi connectivity index (χ1n) is 4.74. The standard InChI is InChI=1S/C11H15BrFOP/c1-7-10(12)6-5-9(11(7)13)8(2)15(3,4)14/h5-6,8H,1-4H3.